The van der Waals surface area contributed by atoms with E-state index in [1.807, 2.05) is 0 Å². The molecule has 3 aromatic carbocycles. The second-order valence-electron chi connectivity index (χ2n) is 6.79. The molecule has 32 heavy (non-hydrogen) atoms. The third-order valence-electron chi connectivity index (χ3n) is 4.76. The number of carbonyl (C=O) groups is 1. The number of nitrogens with one attached hydrogen (secondary N) is 1. The van der Waals surface area contributed by atoms with E-state index in [1.165, 1.54) is 47.8 Å². The number of nitrogens with zero attached hydrogens (tertiary/aromatic N) is 1. The van der Waals surface area contributed by atoms with Crippen molar-refractivity contribution in [2.75, 3.05) is 23.3 Å². The first-order chi connectivity index (χ1) is 15.3. The predicted octanol–water partition coefficient (Wildman–Crippen LogP) is 4.88. The van der Waals surface area contributed by atoms with Crippen LogP contribution in [0.4, 0.5) is 15.8 Å². The summed E-state index contributed by atoms with van der Waals surface area (Å²) in [7, 11) is -2.52. The number of amides is 1. The van der Waals surface area contributed by atoms with Gasteiger partial charge in [-0.3, -0.25) is 9.10 Å². The van der Waals surface area contributed by atoms with E-state index in [4.69, 9.17) is 16.3 Å². The van der Waals surface area contributed by atoms with Gasteiger partial charge < -0.3 is 10.1 Å². The highest BCUT2D eigenvalue weighted by atomic mass is 35.5. The van der Waals surface area contributed by atoms with E-state index in [0.717, 1.165) is 0 Å². The molecule has 0 atom stereocenters. The number of carbonyl (C=O) groups excluding carboxylic acids is 1. The highest BCUT2D eigenvalue weighted by molar-refractivity contribution is 7.92. The summed E-state index contributed by atoms with van der Waals surface area (Å²) in [5.74, 6) is -0.905. The normalized spacial score (nSPS) is 11.1. The number of rotatable bonds is 8. The minimum absolute atomic E-state index is 0.0248. The lowest BCUT2D eigenvalue weighted by molar-refractivity contribution is -0.115. The van der Waals surface area contributed by atoms with E-state index in [9.17, 15) is 17.6 Å². The molecule has 6 nitrogen and oxygen atoms in total. The summed E-state index contributed by atoms with van der Waals surface area (Å²) in [5.41, 5.74) is 0.719. The standard InChI is InChI=1S/C23H22ClFN2O4S/c1-3-27(16-8-5-4-6-9-16)32(29,30)17-12-13-22(31-2)21(14-17)26-23(28)15-18-19(24)10-7-11-20(18)25/h4-14H,3,15H2,1-2H3,(H,26,28). The Hall–Kier alpha value is -3.10. The van der Waals surface area contributed by atoms with Crippen LogP contribution in [0.25, 0.3) is 0 Å². The summed E-state index contributed by atoms with van der Waals surface area (Å²) >= 11 is 6.00. The molecule has 0 fully saturated rings. The zero-order valence-electron chi connectivity index (χ0n) is 17.5. The van der Waals surface area contributed by atoms with Crippen LogP contribution in [-0.2, 0) is 21.2 Å². The van der Waals surface area contributed by atoms with Gasteiger partial charge in [-0.05, 0) is 49.4 Å². The Morgan fingerprint density at radius 3 is 2.44 bits per heavy atom. The molecule has 168 valence electrons. The van der Waals surface area contributed by atoms with E-state index >= 15 is 0 Å². The molecule has 0 spiro atoms. The Balaban J connectivity index is 1.92. The smallest absolute Gasteiger partial charge is 0.264 e. The van der Waals surface area contributed by atoms with E-state index in [1.54, 1.807) is 37.3 Å². The maximum Gasteiger partial charge on any atom is 0.264 e. The molecule has 0 saturated heterocycles. The van der Waals surface area contributed by atoms with Crippen LogP contribution in [0.2, 0.25) is 5.02 Å². The van der Waals surface area contributed by atoms with Gasteiger partial charge in [0.15, 0.2) is 0 Å². The molecule has 0 bridgehead atoms. The van der Waals surface area contributed by atoms with E-state index in [2.05, 4.69) is 5.32 Å². The quantitative estimate of drug-likeness (QED) is 0.502. The zero-order chi connectivity index (χ0) is 23.3. The molecule has 0 aliphatic rings. The van der Waals surface area contributed by atoms with Gasteiger partial charge in [-0.15, -0.1) is 0 Å². The molecule has 0 radical (unpaired) electrons. The van der Waals surface area contributed by atoms with Crippen molar-refractivity contribution in [1.29, 1.82) is 0 Å². The molecule has 0 heterocycles. The predicted molar refractivity (Wildman–Crippen MR) is 123 cm³/mol. The second kappa shape index (κ2) is 10.0. The van der Waals surface area contributed by atoms with Crippen molar-refractivity contribution in [2.45, 2.75) is 18.2 Å². The molecule has 3 rings (SSSR count). The van der Waals surface area contributed by atoms with Gasteiger partial charge in [0.25, 0.3) is 10.0 Å². The van der Waals surface area contributed by atoms with Crippen LogP contribution in [0.3, 0.4) is 0 Å². The van der Waals surface area contributed by atoms with Crippen LogP contribution >= 0.6 is 11.6 Å². The number of para-hydroxylation sites is 1. The van der Waals surface area contributed by atoms with Gasteiger partial charge in [0.1, 0.15) is 11.6 Å². The first kappa shape index (κ1) is 23.6. The highest BCUT2D eigenvalue weighted by Gasteiger charge is 2.25. The number of ether oxygens (including phenoxy) is 1. The van der Waals surface area contributed by atoms with Crippen LogP contribution in [0.1, 0.15) is 12.5 Å². The summed E-state index contributed by atoms with van der Waals surface area (Å²) in [6, 6.07) is 17.0. The summed E-state index contributed by atoms with van der Waals surface area (Å²) < 4.78 is 47.1. The highest BCUT2D eigenvalue weighted by Crippen LogP contribution is 2.31. The van der Waals surface area contributed by atoms with E-state index in [0.29, 0.717) is 5.69 Å². The molecule has 0 unspecified atom stereocenters. The molecule has 1 amide bonds. The first-order valence-corrected chi connectivity index (χ1v) is 11.6. The number of anilines is 2. The Kier molecular flexibility index (Phi) is 7.37. The first-order valence-electron chi connectivity index (χ1n) is 9.76. The number of methoxy groups -OCH3 is 1. The van der Waals surface area contributed by atoms with E-state index in [-0.39, 0.29) is 39.9 Å². The lowest BCUT2D eigenvalue weighted by Gasteiger charge is -2.23. The Morgan fingerprint density at radius 1 is 1.09 bits per heavy atom. The largest absolute Gasteiger partial charge is 0.495 e. The fourth-order valence-corrected chi connectivity index (χ4v) is 4.94. The molecule has 0 aliphatic heterocycles. The Bertz CT molecular complexity index is 1200. The second-order valence-corrected chi connectivity index (χ2v) is 9.06. The van der Waals surface area contributed by atoms with Crippen LogP contribution in [0, 0.1) is 5.82 Å². The number of benzene rings is 3. The van der Waals surface area contributed by atoms with Gasteiger partial charge >= 0.3 is 0 Å². The SMILES string of the molecule is CCN(c1ccccc1)S(=O)(=O)c1ccc(OC)c(NC(=O)Cc2c(F)cccc2Cl)c1. The van der Waals surface area contributed by atoms with Crippen molar-refractivity contribution < 1.29 is 22.3 Å². The molecule has 3 aromatic rings. The molecular weight excluding hydrogens is 455 g/mol. The molecule has 1 N–H and O–H groups in total. The minimum atomic E-state index is -3.91. The zero-order valence-corrected chi connectivity index (χ0v) is 19.1. The molecule has 0 aromatic heterocycles. The third-order valence-corrected chi connectivity index (χ3v) is 7.02. The number of hydrogen-bond donors (Lipinski definition) is 1. The Morgan fingerprint density at radius 2 is 1.81 bits per heavy atom. The van der Waals surface area contributed by atoms with Crippen molar-refractivity contribution in [3.8, 4) is 5.75 Å². The van der Waals surface area contributed by atoms with Gasteiger partial charge in [-0.25, -0.2) is 12.8 Å². The summed E-state index contributed by atoms with van der Waals surface area (Å²) in [4.78, 5) is 12.6. The summed E-state index contributed by atoms with van der Waals surface area (Å²) in [6.45, 7) is 1.95. The number of halogens is 2. The van der Waals surface area contributed by atoms with Crippen molar-refractivity contribution in [3.63, 3.8) is 0 Å². The van der Waals surface area contributed by atoms with Crippen LogP contribution in [0.5, 0.6) is 5.75 Å². The average molecular weight is 477 g/mol. The topological polar surface area (TPSA) is 75.7 Å². The van der Waals surface area contributed by atoms with Crippen LogP contribution < -0.4 is 14.4 Å². The van der Waals surface area contributed by atoms with Gasteiger partial charge in [-0.2, -0.15) is 0 Å². The van der Waals surface area contributed by atoms with Crippen LogP contribution in [0.15, 0.2) is 71.6 Å². The molecule has 0 saturated carbocycles. The summed E-state index contributed by atoms with van der Waals surface area (Å²) in [6.07, 6.45) is -0.323. The lowest BCUT2D eigenvalue weighted by atomic mass is 10.1. The van der Waals surface area contributed by atoms with Crippen LogP contribution in [-0.4, -0.2) is 28.0 Å². The monoisotopic (exact) mass is 476 g/mol. The van der Waals surface area contributed by atoms with Gasteiger partial charge in [0.2, 0.25) is 5.91 Å². The van der Waals surface area contributed by atoms with Crippen molar-refractivity contribution >= 4 is 38.9 Å². The fraction of sp³-hybridized carbons (Fsp3) is 0.174. The third kappa shape index (κ3) is 5.03. The van der Waals surface area contributed by atoms with Crippen molar-refractivity contribution in [1.82, 2.24) is 0 Å². The number of hydrogen-bond acceptors (Lipinski definition) is 4. The molecule has 9 heteroatoms. The van der Waals surface area contributed by atoms with Crippen molar-refractivity contribution in [3.05, 3.63) is 83.1 Å². The maximum atomic E-state index is 14.0. The van der Waals surface area contributed by atoms with Gasteiger partial charge in [0.05, 0.1) is 29.8 Å². The van der Waals surface area contributed by atoms with Gasteiger partial charge in [0, 0.05) is 17.1 Å². The maximum absolute atomic E-state index is 14.0. The average Bonchev–Trinajstić information content (AvgIpc) is 2.77. The minimum Gasteiger partial charge on any atom is -0.495 e. The molecule has 0 aliphatic carbocycles. The fourth-order valence-electron chi connectivity index (χ4n) is 3.21. The van der Waals surface area contributed by atoms with Crippen molar-refractivity contribution in [2.24, 2.45) is 0 Å². The Labute approximate surface area is 191 Å². The van der Waals surface area contributed by atoms with E-state index < -0.39 is 21.7 Å². The number of sulfonamides is 1. The lowest BCUT2D eigenvalue weighted by Crippen LogP contribution is -2.30. The summed E-state index contributed by atoms with van der Waals surface area (Å²) in [5, 5.41) is 2.73. The van der Waals surface area contributed by atoms with Gasteiger partial charge in [-0.1, -0.05) is 35.9 Å². The molecular formula is C23H22ClFN2O4S.